The summed E-state index contributed by atoms with van der Waals surface area (Å²) in [6, 6.07) is 15.9. The second-order valence-corrected chi connectivity index (χ2v) is 6.79. The summed E-state index contributed by atoms with van der Waals surface area (Å²) in [5, 5.41) is 0. The van der Waals surface area contributed by atoms with E-state index in [1.54, 1.807) is 0 Å². The van der Waals surface area contributed by atoms with Crippen molar-refractivity contribution in [2.24, 2.45) is 0 Å². The summed E-state index contributed by atoms with van der Waals surface area (Å²) in [5.41, 5.74) is 3.73. The van der Waals surface area contributed by atoms with Gasteiger partial charge in [-0.1, -0.05) is 80.6 Å². The Hall–Kier alpha value is -2.22. The molecule has 1 aliphatic carbocycles. The minimum atomic E-state index is -0.126. The average molecular weight is 320 g/mol. The van der Waals surface area contributed by atoms with Crippen LogP contribution in [0.3, 0.4) is 0 Å². The van der Waals surface area contributed by atoms with Gasteiger partial charge in [-0.15, -0.1) is 0 Å². The van der Waals surface area contributed by atoms with Gasteiger partial charge < -0.3 is 0 Å². The van der Waals surface area contributed by atoms with E-state index in [0.29, 0.717) is 5.56 Å². The van der Waals surface area contributed by atoms with Gasteiger partial charge in [0.15, 0.2) is 0 Å². The highest BCUT2D eigenvalue weighted by Crippen LogP contribution is 2.44. The molecule has 0 aromatic heterocycles. The predicted octanol–water partition coefficient (Wildman–Crippen LogP) is 5.34. The van der Waals surface area contributed by atoms with E-state index in [2.05, 4.69) is 18.2 Å². The first kappa shape index (κ1) is 16.6. The van der Waals surface area contributed by atoms with Gasteiger partial charge in [-0.25, -0.2) is 0 Å². The lowest BCUT2D eigenvalue weighted by Crippen LogP contribution is -2.30. The first-order valence-electron chi connectivity index (χ1n) is 8.90. The van der Waals surface area contributed by atoms with Gasteiger partial charge >= 0.3 is 0 Å². The van der Waals surface area contributed by atoms with Gasteiger partial charge in [0.1, 0.15) is 12.6 Å². The van der Waals surface area contributed by atoms with Crippen molar-refractivity contribution in [3.8, 4) is 0 Å². The number of aldehydes is 2. The Labute approximate surface area is 143 Å². The van der Waals surface area contributed by atoms with Crippen molar-refractivity contribution in [3.05, 3.63) is 70.8 Å². The molecule has 24 heavy (non-hydrogen) atoms. The molecule has 2 aromatic rings. The van der Waals surface area contributed by atoms with Crippen molar-refractivity contribution < 1.29 is 9.59 Å². The third-order valence-corrected chi connectivity index (χ3v) is 5.41. The topological polar surface area (TPSA) is 34.1 Å². The Balaban J connectivity index is 2.14. The summed E-state index contributed by atoms with van der Waals surface area (Å²) >= 11 is 0. The molecule has 0 spiro atoms. The molecule has 0 bridgehead atoms. The fourth-order valence-electron chi connectivity index (χ4n) is 4.14. The second kappa shape index (κ2) is 7.57. The van der Waals surface area contributed by atoms with Gasteiger partial charge in [0.05, 0.1) is 0 Å². The summed E-state index contributed by atoms with van der Waals surface area (Å²) < 4.78 is 0. The molecule has 2 aromatic carbocycles. The molecule has 0 radical (unpaired) electrons. The second-order valence-electron chi connectivity index (χ2n) is 6.79. The largest absolute Gasteiger partial charge is 0.298 e. The van der Waals surface area contributed by atoms with Crippen LogP contribution in [0.2, 0.25) is 0 Å². The Kier molecular flexibility index (Phi) is 5.24. The zero-order valence-corrected chi connectivity index (χ0v) is 14.0. The van der Waals surface area contributed by atoms with Crippen molar-refractivity contribution in [1.29, 1.82) is 0 Å². The smallest absolute Gasteiger partial charge is 0.150 e. The number of rotatable bonds is 4. The Morgan fingerprint density at radius 1 is 0.708 bits per heavy atom. The van der Waals surface area contributed by atoms with E-state index in [4.69, 9.17) is 0 Å². The molecule has 0 atom stereocenters. The number of benzene rings is 2. The average Bonchev–Trinajstić information content (AvgIpc) is 2.62. The molecule has 1 saturated carbocycles. The maximum Gasteiger partial charge on any atom is 0.150 e. The monoisotopic (exact) mass is 320 g/mol. The lowest BCUT2D eigenvalue weighted by molar-refractivity contribution is 0.111. The van der Waals surface area contributed by atoms with E-state index >= 15 is 0 Å². The molecule has 0 aliphatic heterocycles. The molecule has 1 aliphatic rings. The molecular weight excluding hydrogens is 296 g/mol. The molecule has 0 N–H and O–H groups in total. The summed E-state index contributed by atoms with van der Waals surface area (Å²) in [6.07, 6.45) is 10.1. The normalized spacial score (nSPS) is 17.5. The van der Waals surface area contributed by atoms with E-state index in [9.17, 15) is 9.59 Å². The van der Waals surface area contributed by atoms with Gasteiger partial charge in [-0.05, 0) is 24.0 Å². The molecular formula is C22H24O2. The molecule has 0 heterocycles. The van der Waals surface area contributed by atoms with Crippen LogP contribution in [0.5, 0.6) is 0 Å². The Morgan fingerprint density at radius 3 is 1.96 bits per heavy atom. The number of carbonyl (C=O) groups is 2. The lowest BCUT2D eigenvalue weighted by Gasteiger charge is -2.38. The van der Waals surface area contributed by atoms with Gasteiger partial charge in [0.2, 0.25) is 0 Å². The summed E-state index contributed by atoms with van der Waals surface area (Å²) in [7, 11) is 0. The Bertz CT molecular complexity index is 692. The maximum absolute atomic E-state index is 11.7. The van der Waals surface area contributed by atoms with E-state index < -0.39 is 0 Å². The third-order valence-electron chi connectivity index (χ3n) is 5.41. The zero-order valence-electron chi connectivity index (χ0n) is 14.0. The van der Waals surface area contributed by atoms with Crippen molar-refractivity contribution in [3.63, 3.8) is 0 Å². The first-order chi connectivity index (χ1) is 11.8. The van der Waals surface area contributed by atoms with Gasteiger partial charge in [0, 0.05) is 16.5 Å². The van der Waals surface area contributed by atoms with Gasteiger partial charge in [-0.2, -0.15) is 0 Å². The first-order valence-corrected chi connectivity index (χ1v) is 8.90. The molecule has 2 nitrogen and oxygen atoms in total. The molecule has 0 unspecified atom stereocenters. The Morgan fingerprint density at radius 2 is 1.33 bits per heavy atom. The molecule has 124 valence electrons. The van der Waals surface area contributed by atoms with Crippen molar-refractivity contribution >= 4 is 12.6 Å². The molecule has 2 heteroatoms. The standard InChI is InChI=1S/C22H24O2/c23-16-18-10-12-20(13-11-18)22(14-6-2-1-3-7-15-22)21-9-5-4-8-19(21)17-24/h4-5,8-13,16-17H,1-3,6-7,14-15H2. The van der Waals surface area contributed by atoms with Crippen LogP contribution in [0, 0.1) is 0 Å². The van der Waals surface area contributed by atoms with Crippen molar-refractivity contribution in [2.75, 3.05) is 0 Å². The van der Waals surface area contributed by atoms with Crippen LogP contribution in [-0.4, -0.2) is 12.6 Å². The van der Waals surface area contributed by atoms with Crippen LogP contribution in [0.1, 0.15) is 76.8 Å². The van der Waals surface area contributed by atoms with Crippen LogP contribution in [0.15, 0.2) is 48.5 Å². The molecule has 3 rings (SSSR count). The number of carbonyl (C=O) groups excluding carboxylic acids is 2. The highest BCUT2D eigenvalue weighted by molar-refractivity contribution is 5.79. The van der Waals surface area contributed by atoms with E-state index in [1.165, 1.54) is 37.7 Å². The van der Waals surface area contributed by atoms with Crippen molar-refractivity contribution in [2.45, 2.75) is 50.4 Å². The SMILES string of the molecule is O=Cc1ccc(C2(c3ccccc3C=O)CCCCCCC2)cc1. The van der Waals surface area contributed by atoms with Gasteiger partial charge in [0.25, 0.3) is 0 Å². The van der Waals surface area contributed by atoms with Crippen LogP contribution in [0.4, 0.5) is 0 Å². The quantitative estimate of drug-likeness (QED) is 0.712. The van der Waals surface area contributed by atoms with E-state index in [-0.39, 0.29) is 5.41 Å². The fourth-order valence-corrected chi connectivity index (χ4v) is 4.14. The summed E-state index contributed by atoms with van der Waals surface area (Å²) in [5.74, 6) is 0. The molecule has 1 fully saturated rings. The lowest BCUT2D eigenvalue weighted by atomic mass is 9.66. The maximum atomic E-state index is 11.7. The van der Waals surface area contributed by atoms with E-state index in [0.717, 1.165) is 36.5 Å². The zero-order chi connectivity index (χ0) is 16.8. The van der Waals surface area contributed by atoms with Crippen LogP contribution < -0.4 is 0 Å². The third kappa shape index (κ3) is 3.19. The highest BCUT2D eigenvalue weighted by Gasteiger charge is 2.35. The molecule has 0 amide bonds. The highest BCUT2D eigenvalue weighted by atomic mass is 16.1. The minimum Gasteiger partial charge on any atom is -0.298 e. The summed E-state index contributed by atoms with van der Waals surface area (Å²) in [6.45, 7) is 0. The number of hydrogen-bond acceptors (Lipinski definition) is 2. The molecule has 0 saturated heterocycles. The number of hydrogen-bond donors (Lipinski definition) is 0. The minimum absolute atomic E-state index is 0.126. The van der Waals surface area contributed by atoms with Crippen LogP contribution >= 0.6 is 0 Å². The summed E-state index contributed by atoms with van der Waals surface area (Å²) in [4.78, 5) is 22.6. The fraction of sp³-hybridized carbons (Fsp3) is 0.364. The predicted molar refractivity (Wildman–Crippen MR) is 96.8 cm³/mol. The van der Waals surface area contributed by atoms with Gasteiger partial charge in [-0.3, -0.25) is 9.59 Å². The van der Waals surface area contributed by atoms with Crippen molar-refractivity contribution in [1.82, 2.24) is 0 Å². The van der Waals surface area contributed by atoms with Crippen LogP contribution in [-0.2, 0) is 5.41 Å². The van der Waals surface area contributed by atoms with E-state index in [1.807, 2.05) is 30.3 Å². The van der Waals surface area contributed by atoms with Crippen LogP contribution in [0.25, 0.3) is 0 Å².